The minimum Gasteiger partial charge on any atom is -0.347 e. The molecule has 0 saturated carbocycles. The lowest BCUT2D eigenvalue weighted by Gasteiger charge is -2.06. The summed E-state index contributed by atoms with van der Waals surface area (Å²) in [5.41, 5.74) is 2.45. The van der Waals surface area contributed by atoms with E-state index in [1.807, 2.05) is 18.4 Å². The van der Waals surface area contributed by atoms with E-state index in [4.69, 9.17) is 0 Å². The highest BCUT2D eigenvalue weighted by Gasteiger charge is 2.07. The minimum absolute atomic E-state index is 0.118. The zero-order chi connectivity index (χ0) is 14.5. The number of aryl methyl sites for hydroxylation is 1. The Balaban J connectivity index is 1.95. The van der Waals surface area contributed by atoms with Gasteiger partial charge in [-0.3, -0.25) is 9.59 Å². The van der Waals surface area contributed by atoms with Crippen molar-refractivity contribution < 1.29 is 9.59 Å². The van der Waals surface area contributed by atoms with E-state index in [2.05, 4.69) is 10.6 Å². The Kier molecular flexibility index (Phi) is 4.53. The maximum Gasteiger partial charge on any atom is 0.251 e. The number of thiophene rings is 1. The summed E-state index contributed by atoms with van der Waals surface area (Å²) in [7, 11) is 0. The van der Waals surface area contributed by atoms with Gasteiger partial charge in [0.15, 0.2) is 0 Å². The molecule has 0 unspecified atom stereocenters. The van der Waals surface area contributed by atoms with Crippen LogP contribution in [0.3, 0.4) is 0 Å². The summed E-state index contributed by atoms with van der Waals surface area (Å²) in [4.78, 5) is 24.1. The Bertz CT molecular complexity index is 617. The number of benzene rings is 1. The highest BCUT2D eigenvalue weighted by Crippen LogP contribution is 2.15. The average Bonchev–Trinajstić information content (AvgIpc) is 2.82. The molecule has 2 amide bonds. The van der Waals surface area contributed by atoms with Gasteiger partial charge in [-0.1, -0.05) is 0 Å². The Morgan fingerprint density at radius 3 is 2.40 bits per heavy atom. The fourth-order valence-electron chi connectivity index (χ4n) is 1.76. The van der Waals surface area contributed by atoms with Crippen LogP contribution in [0.5, 0.6) is 0 Å². The zero-order valence-electron chi connectivity index (χ0n) is 11.4. The number of carbonyl (C=O) groups is 2. The molecular weight excluding hydrogens is 272 g/mol. The van der Waals surface area contributed by atoms with Crippen molar-refractivity contribution in [3.8, 4) is 0 Å². The number of anilines is 1. The smallest absolute Gasteiger partial charge is 0.251 e. The van der Waals surface area contributed by atoms with Crippen LogP contribution in [0.1, 0.15) is 27.7 Å². The maximum atomic E-state index is 12.0. The van der Waals surface area contributed by atoms with Crippen molar-refractivity contribution in [3.05, 3.63) is 51.7 Å². The first-order valence-corrected chi connectivity index (χ1v) is 7.13. The normalized spacial score (nSPS) is 10.1. The molecule has 5 heteroatoms. The second-order valence-electron chi connectivity index (χ2n) is 4.47. The van der Waals surface area contributed by atoms with Crippen LogP contribution >= 0.6 is 11.3 Å². The molecule has 4 nitrogen and oxygen atoms in total. The lowest BCUT2D eigenvalue weighted by atomic mass is 10.2. The Morgan fingerprint density at radius 1 is 1.15 bits per heavy atom. The molecule has 0 fully saturated rings. The van der Waals surface area contributed by atoms with Crippen LogP contribution in [0, 0.1) is 6.92 Å². The van der Waals surface area contributed by atoms with Crippen LogP contribution in [0.15, 0.2) is 35.7 Å². The van der Waals surface area contributed by atoms with Crippen molar-refractivity contribution in [2.24, 2.45) is 0 Å². The lowest BCUT2D eigenvalue weighted by Crippen LogP contribution is -2.22. The maximum absolute atomic E-state index is 12.0. The molecule has 0 spiro atoms. The molecule has 0 saturated heterocycles. The van der Waals surface area contributed by atoms with Crippen molar-refractivity contribution in [2.75, 3.05) is 5.32 Å². The van der Waals surface area contributed by atoms with Gasteiger partial charge in [-0.05, 0) is 48.2 Å². The molecule has 2 N–H and O–H groups in total. The predicted octanol–water partition coefficient (Wildman–Crippen LogP) is 2.94. The van der Waals surface area contributed by atoms with E-state index in [9.17, 15) is 9.59 Å². The summed E-state index contributed by atoms with van der Waals surface area (Å²) in [6, 6.07) is 8.86. The van der Waals surface area contributed by atoms with E-state index in [1.54, 1.807) is 35.6 Å². The first kappa shape index (κ1) is 14.3. The van der Waals surface area contributed by atoms with Gasteiger partial charge in [0.25, 0.3) is 5.91 Å². The molecular formula is C15H16N2O2S. The first-order valence-electron chi connectivity index (χ1n) is 6.25. The van der Waals surface area contributed by atoms with Gasteiger partial charge in [-0.25, -0.2) is 0 Å². The average molecular weight is 288 g/mol. The largest absolute Gasteiger partial charge is 0.347 e. The topological polar surface area (TPSA) is 58.2 Å². The third-order valence-corrected chi connectivity index (χ3v) is 3.87. The minimum atomic E-state index is -0.129. The fourth-order valence-corrected chi connectivity index (χ4v) is 2.60. The summed E-state index contributed by atoms with van der Waals surface area (Å²) >= 11 is 1.63. The number of amides is 2. The van der Waals surface area contributed by atoms with E-state index in [1.165, 1.54) is 12.5 Å². The molecule has 2 aromatic rings. The van der Waals surface area contributed by atoms with Crippen molar-refractivity contribution in [2.45, 2.75) is 20.4 Å². The number of rotatable bonds is 4. The van der Waals surface area contributed by atoms with Crippen LogP contribution in [0.25, 0.3) is 0 Å². The molecule has 0 aliphatic carbocycles. The lowest BCUT2D eigenvalue weighted by molar-refractivity contribution is -0.114. The van der Waals surface area contributed by atoms with E-state index in [0.717, 1.165) is 4.88 Å². The Hall–Kier alpha value is -2.14. The van der Waals surface area contributed by atoms with Gasteiger partial charge in [0.05, 0.1) is 6.54 Å². The predicted molar refractivity (Wildman–Crippen MR) is 81.0 cm³/mol. The zero-order valence-corrected chi connectivity index (χ0v) is 12.2. The van der Waals surface area contributed by atoms with Crippen molar-refractivity contribution in [1.29, 1.82) is 0 Å². The third kappa shape index (κ3) is 3.68. The van der Waals surface area contributed by atoms with Gasteiger partial charge in [-0.15, -0.1) is 11.3 Å². The summed E-state index contributed by atoms with van der Waals surface area (Å²) in [5, 5.41) is 7.56. The summed E-state index contributed by atoms with van der Waals surface area (Å²) in [5.74, 6) is -0.248. The van der Waals surface area contributed by atoms with Crippen LogP contribution in [-0.4, -0.2) is 11.8 Å². The number of carbonyl (C=O) groups excluding carboxylic acids is 2. The number of hydrogen-bond acceptors (Lipinski definition) is 3. The van der Waals surface area contributed by atoms with Crippen LogP contribution < -0.4 is 10.6 Å². The van der Waals surface area contributed by atoms with Gasteiger partial charge in [0.2, 0.25) is 5.91 Å². The van der Waals surface area contributed by atoms with Gasteiger partial charge in [-0.2, -0.15) is 0 Å². The molecule has 1 heterocycles. The van der Waals surface area contributed by atoms with Gasteiger partial charge in [0.1, 0.15) is 0 Å². The Labute approximate surface area is 121 Å². The standard InChI is InChI=1S/C15H16N2O2S/c1-10-7-8-20-14(10)9-16-15(19)12-3-5-13(6-4-12)17-11(2)18/h3-8H,9H2,1-2H3,(H,16,19)(H,17,18). The number of nitrogens with one attached hydrogen (secondary N) is 2. The second kappa shape index (κ2) is 6.34. The van der Waals surface area contributed by atoms with Crippen LogP contribution in [0.2, 0.25) is 0 Å². The second-order valence-corrected chi connectivity index (χ2v) is 5.47. The van der Waals surface area contributed by atoms with Crippen molar-refractivity contribution >= 4 is 28.8 Å². The van der Waals surface area contributed by atoms with Gasteiger partial charge in [0, 0.05) is 23.1 Å². The van der Waals surface area contributed by atoms with Crippen LogP contribution in [0.4, 0.5) is 5.69 Å². The molecule has 0 bridgehead atoms. The van der Waals surface area contributed by atoms with Crippen molar-refractivity contribution in [3.63, 3.8) is 0 Å². The molecule has 2 rings (SSSR count). The fraction of sp³-hybridized carbons (Fsp3) is 0.200. The first-order chi connectivity index (χ1) is 9.56. The molecule has 104 valence electrons. The molecule has 20 heavy (non-hydrogen) atoms. The Morgan fingerprint density at radius 2 is 1.85 bits per heavy atom. The highest BCUT2D eigenvalue weighted by atomic mass is 32.1. The summed E-state index contributed by atoms with van der Waals surface area (Å²) in [6.45, 7) is 4.01. The molecule has 1 aromatic carbocycles. The van der Waals surface area contributed by atoms with E-state index < -0.39 is 0 Å². The van der Waals surface area contributed by atoms with Crippen LogP contribution in [-0.2, 0) is 11.3 Å². The molecule has 0 aliphatic heterocycles. The molecule has 0 atom stereocenters. The summed E-state index contributed by atoms with van der Waals surface area (Å²) < 4.78 is 0. The SMILES string of the molecule is CC(=O)Nc1ccc(C(=O)NCc2sccc2C)cc1. The van der Waals surface area contributed by atoms with Gasteiger partial charge >= 0.3 is 0 Å². The van der Waals surface area contributed by atoms with Crippen molar-refractivity contribution in [1.82, 2.24) is 5.32 Å². The van der Waals surface area contributed by atoms with E-state index in [-0.39, 0.29) is 11.8 Å². The molecule has 0 radical (unpaired) electrons. The monoisotopic (exact) mass is 288 g/mol. The summed E-state index contributed by atoms with van der Waals surface area (Å²) in [6.07, 6.45) is 0. The van der Waals surface area contributed by atoms with E-state index in [0.29, 0.717) is 17.8 Å². The van der Waals surface area contributed by atoms with E-state index >= 15 is 0 Å². The molecule has 0 aliphatic rings. The quantitative estimate of drug-likeness (QED) is 0.908. The van der Waals surface area contributed by atoms with Gasteiger partial charge < -0.3 is 10.6 Å². The number of hydrogen-bond donors (Lipinski definition) is 2. The molecule has 1 aromatic heterocycles. The highest BCUT2D eigenvalue weighted by molar-refractivity contribution is 7.10. The third-order valence-electron chi connectivity index (χ3n) is 2.85.